The summed E-state index contributed by atoms with van der Waals surface area (Å²) >= 11 is 0. The van der Waals surface area contributed by atoms with Crippen molar-refractivity contribution in [2.45, 2.75) is 19.3 Å². The van der Waals surface area contributed by atoms with Gasteiger partial charge in [-0.2, -0.15) is 0 Å². The van der Waals surface area contributed by atoms with Gasteiger partial charge in [0.2, 0.25) is 0 Å². The second kappa shape index (κ2) is 5.56. The molecule has 0 saturated carbocycles. The fourth-order valence-corrected chi connectivity index (χ4v) is 1.84. The molecule has 0 bridgehead atoms. The normalized spacial score (nSPS) is 12.1. The number of aryl methyl sites for hydroxylation is 1. The van der Waals surface area contributed by atoms with E-state index in [1.165, 1.54) is 18.5 Å². The van der Waals surface area contributed by atoms with Crippen molar-refractivity contribution >= 4 is 5.97 Å². The first-order valence-corrected chi connectivity index (χ1v) is 5.82. The van der Waals surface area contributed by atoms with E-state index in [9.17, 15) is 14.3 Å². The van der Waals surface area contributed by atoms with Gasteiger partial charge in [0.05, 0.1) is 5.69 Å². The number of rotatable bonds is 4. The van der Waals surface area contributed by atoms with Gasteiger partial charge in [-0.1, -0.05) is 12.1 Å². The smallest absolute Gasteiger partial charge is 0.312 e. The third-order valence-electron chi connectivity index (χ3n) is 2.83. The molecule has 0 aliphatic heterocycles. The molecular formula is C14H13FN2O2. The average Bonchev–Trinajstić information content (AvgIpc) is 2.37. The van der Waals surface area contributed by atoms with E-state index >= 15 is 0 Å². The van der Waals surface area contributed by atoms with Crippen LogP contribution in [-0.4, -0.2) is 21.0 Å². The third-order valence-corrected chi connectivity index (χ3v) is 2.83. The molecule has 0 aliphatic carbocycles. The molecule has 0 amide bonds. The van der Waals surface area contributed by atoms with Crippen molar-refractivity contribution in [3.8, 4) is 0 Å². The van der Waals surface area contributed by atoms with Crippen LogP contribution in [0.3, 0.4) is 0 Å². The molecule has 98 valence electrons. The van der Waals surface area contributed by atoms with Crippen LogP contribution in [0.4, 0.5) is 4.39 Å². The van der Waals surface area contributed by atoms with E-state index < -0.39 is 11.9 Å². The Morgan fingerprint density at radius 1 is 1.32 bits per heavy atom. The van der Waals surface area contributed by atoms with Crippen LogP contribution < -0.4 is 0 Å². The van der Waals surface area contributed by atoms with E-state index in [1.54, 1.807) is 25.1 Å². The van der Waals surface area contributed by atoms with E-state index in [1.807, 2.05) is 0 Å². The summed E-state index contributed by atoms with van der Waals surface area (Å²) in [5.74, 6) is -2.05. The fourth-order valence-electron chi connectivity index (χ4n) is 1.84. The molecular weight excluding hydrogens is 247 g/mol. The van der Waals surface area contributed by atoms with Crippen LogP contribution in [0.5, 0.6) is 0 Å². The Labute approximate surface area is 110 Å². The van der Waals surface area contributed by atoms with Gasteiger partial charge in [-0.25, -0.2) is 14.4 Å². The van der Waals surface area contributed by atoms with Crippen LogP contribution in [0.2, 0.25) is 0 Å². The molecule has 1 aromatic carbocycles. The number of hydrogen-bond acceptors (Lipinski definition) is 3. The fraction of sp³-hybridized carbons (Fsp3) is 0.214. The van der Waals surface area contributed by atoms with Crippen molar-refractivity contribution < 1.29 is 14.3 Å². The number of hydrogen-bond donors (Lipinski definition) is 1. The summed E-state index contributed by atoms with van der Waals surface area (Å²) in [5.41, 5.74) is 1.93. The highest BCUT2D eigenvalue weighted by molar-refractivity contribution is 5.75. The summed E-state index contributed by atoms with van der Waals surface area (Å²) in [6.07, 6.45) is 1.62. The molecule has 1 unspecified atom stereocenters. The van der Waals surface area contributed by atoms with Gasteiger partial charge in [0.1, 0.15) is 18.1 Å². The second-order valence-corrected chi connectivity index (χ2v) is 4.31. The maximum atomic E-state index is 12.8. The molecule has 1 aromatic heterocycles. The summed E-state index contributed by atoms with van der Waals surface area (Å²) in [5, 5.41) is 9.30. The summed E-state index contributed by atoms with van der Waals surface area (Å²) in [6.45, 7) is 1.78. The van der Waals surface area contributed by atoms with Gasteiger partial charge in [-0.05, 0) is 37.1 Å². The van der Waals surface area contributed by atoms with Crippen LogP contribution in [0, 0.1) is 12.7 Å². The van der Waals surface area contributed by atoms with Crippen molar-refractivity contribution in [2.24, 2.45) is 0 Å². The van der Waals surface area contributed by atoms with E-state index in [-0.39, 0.29) is 12.2 Å². The minimum atomic E-state index is -0.956. The zero-order chi connectivity index (χ0) is 13.8. The van der Waals surface area contributed by atoms with Gasteiger partial charge in [-0.15, -0.1) is 0 Å². The monoisotopic (exact) mass is 260 g/mol. The zero-order valence-corrected chi connectivity index (χ0v) is 10.4. The second-order valence-electron chi connectivity index (χ2n) is 4.31. The van der Waals surface area contributed by atoms with Crippen LogP contribution in [0.15, 0.2) is 36.7 Å². The average molecular weight is 260 g/mol. The number of aliphatic carboxylic acids is 1. The number of halogens is 1. The Morgan fingerprint density at radius 2 is 2.00 bits per heavy atom. The Kier molecular flexibility index (Phi) is 3.85. The van der Waals surface area contributed by atoms with E-state index in [2.05, 4.69) is 9.97 Å². The lowest BCUT2D eigenvalue weighted by molar-refractivity contribution is -0.138. The van der Waals surface area contributed by atoms with Crippen LogP contribution in [0.25, 0.3) is 0 Å². The number of aromatic nitrogens is 2. The van der Waals surface area contributed by atoms with Crippen molar-refractivity contribution in [2.75, 3.05) is 0 Å². The van der Waals surface area contributed by atoms with Crippen molar-refractivity contribution in [1.82, 2.24) is 9.97 Å². The SMILES string of the molecule is Cc1cc(C(Cc2ccc(F)cc2)C(=O)O)ncn1. The Balaban J connectivity index is 2.26. The van der Waals surface area contributed by atoms with Gasteiger partial charge < -0.3 is 5.11 Å². The Bertz CT molecular complexity index is 584. The first kappa shape index (κ1) is 13.1. The van der Waals surface area contributed by atoms with Crippen molar-refractivity contribution in [3.05, 3.63) is 59.4 Å². The van der Waals surface area contributed by atoms with Crippen molar-refractivity contribution in [3.63, 3.8) is 0 Å². The predicted octanol–water partition coefficient (Wildman–Crippen LogP) is 2.34. The minimum Gasteiger partial charge on any atom is -0.481 e. The van der Waals surface area contributed by atoms with Crippen LogP contribution in [-0.2, 0) is 11.2 Å². The molecule has 2 aromatic rings. The van der Waals surface area contributed by atoms with Gasteiger partial charge in [0.15, 0.2) is 0 Å². The number of nitrogens with zero attached hydrogens (tertiary/aromatic N) is 2. The number of benzene rings is 1. The first-order valence-electron chi connectivity index (χ1n) is 5.82. The highest BCUT2D eigenvalue weighted by atomic mass is 19.1. The molecule has 4 nitrogen and oxygen atoms in total. The van der Waals surface area contributed by atoms with Gasteiger partial charge >= 0.3 is 5.97 Å². The molecule has 0 fully saturated rings. The van der Waals surface area contributed by atoms with Crippen molar-refractivity contribution in [1.29, 1.82) is 0 Å². The maximum absolute atomic E-state index is 12.8. The van der Waals surface area contributed by atoms with Crippen LogP contribution in [0.1, 0.15) is 22.9 Å². The van der Waals surface area contributed by atoms with E-state index in [0.29, 0.717) is 5.69 Å². The molecule has 5 heteroatoms. The lowest BCUT2D eigenvalue weighted by Crippen LogP contribution is -2.16. The van der Waals surface area contributed by atoms with Gasteiger partial charge in [-0.3, -0.25) is 4.79 Å². The summed E-state index contributed by atoms with van der Waals surface area (Å²) in [7, 11) is 0. The highest BCUT2D eigenvalue weighted by Crippen LogP contribution is 2.20. The topological polar surface area (TPSA) is 63.1 Å². The standard InChI is InChI=1S/C14H13FN2O2/c1-9-6-13(17-8-16-9)12(14(18)19)7-10-2-4-11(15)5-3-10/h2-6,8,12H,7H2,1H3,(H,18,19). The van der Waals surface area contributed by atoms with E-state index in [4.69, 9.17) is 0 Å². The number of carboxylic acid groups (broad SMARTS) is 1. The highest BCUT2D eigenvalue weighted by Gasteiger charge is 2.22. The summed E-state index contributed by atoms with van der Waals surface area (Å²) < 4.78 is 12.8. The Hall–Kier alpha value is -2.30. The molecule has 19 heavy (non-hydrogen) atoms. The van der Waals surface area contributed by atoms with Gasteiger partial charge in [0.25, 0.3) is 0 Å². The molecule has 1 N–H and O–H groups in total. The third kappa shape index (κ3) is 3.34. The maximum Gasteiger partial charge on any atom is 0.312 e. The molecule has 1 heterocycles. The van der Waals surface area contributed by atoms with Crippen LogP contribution >= 0.6 is 0 Å². The molecule has 0 aliphatic rings. The van der Waals surface area contributed by atoms with E-state index in [0.717, 1.165) is 11.3 Å². The number of carboxylic acids is 1. The van der Waals surface area contributed by atoms with Gasteiger partial charge in [0, 0.05) is 5.69 Å². The summed E-state index contributed by atoms with van der Waals surface area (Å²) in [6, 6.07) is 7.46. The molecule has 1 atom stereocenters. The minimum absolute atomic E-state index is 0.270. The molecule has 2 rings (SSSR count). The lowest BCUT2D eigenvalue weighted by Gasteiger charge is -2.12. The predicted molar refractivity (Wildman–Crippen MR) is 67.2 cm³/mol. The molecule has 0 spiro atoms. The Morgan fingerprint density at radius 3 is 2.58 bits per heavy atom. The molecule has 0 saturated heterocycles. The first-order chi connectivity index (χ1) is 9.06. The lowest BCUT2D eigenvalue weighted by atomic mass is 9.95. The quantitative estimate of drug-likeness (QED) is 0.916. The summed E-state index contributed by atoms with van der Waals surface area (Å²) in [4.78, 5) is 19.3. The largest absolute Gasteiger partial charge is 0.481 e. The number of carbonyl (C=O) groups is 1. The molecule has 0 radical (unpaired) electrons. The zero-order valence-electron chi connectivity index (χ0n) is 10.4.